The van der Waals surface area contributed by atoms with E-state index in [4.69, 9.17) is 17.3 Å². The maximum absolute atomic E-state index is 12.1. The standard InChI is InChI=1S/C13H9BrClN3O2/c14-11-8(2-1-5-17-11)13(20)18-7-3-4-10(15)9(6-7)12(16)19/h1-6H,(H2,16,19)(H,18,20). The largest absolute Gasteiger partial charge is 0.366 e. The van der Waals surface area contributed by atoms with Crippen molar-refractivity contribution in [2.45, 2.75) is 0 Å². The molecule has 0 bridgehead atoms. The van der Waals surface area contributed by atoms with E-state index < -0.39 is 5.91 Å². The Hall–Kier alpha value is -1.92. The first-order valence-electron chi connectivity index (χ1n) is 5.50. The zero-order valence-electron chi connectivity index (χ0n) is 10.1. The van der Waals surface area contributed by atoms with E-state index in [1.54, 1.807) is 24.4 Å². The van der Waals surface area contributed by atoms with Gasteiger partial charge in [-0.25, -0.2) is 4.98 Å². The number of pyridine rings is 1. The lowest BCUT2D eigenvalue weighted by Crippen LogP contribution is -2.15. The molecule has 0 unspecified atom stereocenters. The monoisotopic (exact) mass is 353 g/mol. The van der Waals surface area contributed by atoms with Crippen molar-refractivity contribution >= 4 is 45.0 Å². The summed E-state index contributed by atoms with van der Waals surface area (Å²) < 4.78 is 0.432. The molecule has 1 heterocycles. The van der Waals surface area contributed by atoms with Crippen LogP contribution >= 0.6 is 27.5 Å². The quantitative estimate of drug-likeness (QED) is 0.831. The normalized spacial score (nSPS) is 10.1. The zero-order valence-corrected chi connectivity index (χ0v) is 12.4. The second-order valence-corrected chi connectivity index (χ2v) is 5.01. The summed E-state index contributed by atoms with van der Waals surface area (Å²) in [5.74, 6) is -1.02. The highest BCUT2D eigenvalue weighted by atomic mass is 79.9. The third-order valence-corrected chi connectivity index (χ3v) is 3.45. The molecule has 1 aromatic heterocycles. The van der Waals surface area contributed by atoms with Gasteiger partial charge in [0.2, 0.25) is 5.91 Å². The fourth-order valence-corrected chi connectivity index (χ4v) is 2.19. The Bertz CT molecular complexity index is 691. The summed E-state index contributed by atoms with van der Waals surface area (Å²) in [6, 6.07) is 7.77. The molecule has 102 valence electrons. The highest BCUT2D eigenvalue weighted by molar-refractivity contribution is 9.10. The summed E-state index contributed by atoms with van der Waals surface area (Å²) in [6.07, 6.45) is 1.56. The van der Waals surface area contributed by atoms with Crippen LogP contribution in [-0.4, -0.2) is 16.8 Å². The lowest BCUT2D eigenvalue weighted by molar-refractivity contribution is 0.0996. The van der Waals surface area contributed by atoms with Gasteiger partial charge in [0.25, 0.3) is 5.91 Å². The van der Waals surface area contributed by atoms with Gasteiger partial charge in [0.05, 0.1) is 16.1 Å². The number of nitrogens with zero attached hydrogens (tertiary/aromatic N) is 1. The summed E-state index contributed by atoms with van der Waals surface area (Å²) in [4.78, 5) is 27.2. The molecule has 2 aromatic rings. The van der Waals surface area contributed by atoms with E-state index >= 15 is 0 Å². The average molecular weight is 355 g/mol. The third kappa shape index (κ3) is 3.15. The second kappa shape index (κ2) is 6.02. The van der Waals surface area contributed by atoms with Gasteiger partial charge in [-0.15, -0.1) is 0 Å². The second-order valence-electron chi connectivity index (χ2n) is 3.85. The van der Waals surface area contributed by atoms with Crippen molar-refractivity contribution in [3.8, 4) is 0 Å². The minimum absolute atomic E-state index is 0.148. The molecule has 0 saturated carbocycles. The maximum atomic E-state index is 12.1. The molecular formula is C13H9BrClN3O2. The minimum atomic E-state index is -0.659. The molecule has 5 nitrogen and oxygen atoms in total. The summed E-state index contributed by atoms with van der Waals surface area (Å²) >= 11 is 9.03. The van der Waals surface area contributed by atoms with Crippen molar-refractivity contribution < 1.29 is 9.59 Å². The van der Waals surface area contributed by atoms with Gasteiger partial charge in [-0.1, -0.05) is 11.6 Å². The van der Waals surface area contributed by atoms with Crippen LogP contribution < -0.4 is 11.1 Å². The van der Waals surface area contributed by atoms with E-state index in [1.807, 2.05) is 0 Å². The maximum Gasteiger partial charge on any atom is 0.258 e. The molecule has 1 aromatic carbocycles. The number of amides is 2. The minimum Gasteiger partial charge on any atom is -0.366 e. The first-order chi connectivity index (χ1) is 9.49. The van der Waals surface area contributed by atoms with Gasteiger partial charge in [-0.2, -0.15) is 0 Å². The van der Waals surface area contributed by atoms with Crippen molar-refractivity contribution in [2.75, 3.05) is 5.32 Å². The summed E-state index contributed by atoms with van der Waals surface area (Å²) in [6.45, 7) is 0. The van der Waals surface area contributed by atoms with Crippen molar-refractivity contribution in [3.05, 3.63) is 57.3 Å². The van der Waals surface area contributed by atoms with Crippen LogP contribution in [0.1, 0.15) is 20.7 Å². The number of aromatic nitrogens is 1. The van der Waals surface area contributed by atoms with Crippen LogP contribution in [0.4, 0.5) is 5.69 Å². The number of nitrogens with one attached hydrogen (secondary N) is 1. The summed E-state index contributed by atoms with van der Waals surface area (Å²) in [5.41, 5.74) is 6.14. The average Bonchev–Trinajstić information content (AvgIpc) is 2.41. The number of benzene rings is 1. The first-order valence-corrected chi connectivity index (χ1v) is 6.67. The van der Waals surface area contributed by atoms with E-state index in [-0.39, 0.29) is 16.5 Å². The Labute approximate surface area is 128 Å². The molecule has 0 saturated heterocycles. The Kier molecular flexibility index (Phi) is 4.36. The topological polar surface area (TPSA) is 85.1 Å². The molecule has 0 atom stereocenters. The van der Waals surface area contributed by atoms with Gasteiger partial charge in [0.1, 0.15) is 4.60 Å². The molecule has 2 amide bonds. The van der Waals surface area contributed by atoms with E-state index in [9.17, 15) is 9.59 Å². The lowest BCUT2D eigenvalue weighted by Gasteiger charge is -2.08. The predicted molar refractivity (Wildman–Crippen MR) is 79.9 cm³/mol. The number of carbonyl (C=O) groups is 2. The number of primary amides is 1. The number of nitrogens with two attached hydrogens (primary N) is 1. The summed E-state index contributed by atoms with van der Waals surface area (Å²) in [5, 5.41) is 2.88. The molecule has 7 heteroatoms. The van der Waals surface area contributed by atoms with Gasteiger partial charge >= 0.3 is 0 Å². The van der Waals surface area contributed by atoms with Gasteiger partial charge < -0.3 is 11.1 Å². The van der Waals surface area contributed by atoms with E-state index in [0.717, 1.165) is 0 Å². The van der Waals surface area contributed by atoms with Crippen LogP contribution in [0, 0.1) is 0 Å². The van der Waals surface area contributed by atoms with Crippen molar-refractivity contribution in [2.24, 2.45) is 5.73 Å². The van der Waals surface area contributed by atoms with Crippen molar-refractivity contribution in [1.29, 1.82) is 0 Å². The van der Waals surface area contributed by atoms with Crippen LogP contribution in [0.3, 0.4) is 0 Å². The number of rotatable bonds is 3. The molecule has 3 N–H and O–H groups in total. The van der Waals surface area contributed by atoms with Gasteiger partial charge in [0, 0.05) is 11.9 Å². The Balaban J connectivity index is 2.27. The van der Waals surface area contributed by atoms with Crippen LogP contribution in [0.2, 0.25) is 5.02 Å². The highest BCUT2D eigenvalue weighted by Crippen LogP contribution is 2.21. The number of hydrogen-bond donors (Lipinski definition) is 2. The lowest BCUT2D eigenvalue weighted by atomic mass is 10.2. The molecule has 0 aliphatic rings. The number of anilines is 1. The predicted octanol–water partition coefficient (Wildman–Crippen LogP) is 2.85. The Morgan fingerprint density at radius 3 is 2.65 bits per heavy atom. The van der Waals surface area contributed by atoms with E-state index in [1.165, 1.54) is 12.1 Å². The molecule has 0 fully saturated rings. The van der Waals surface area contributed by atoms with Crippen molar-refractivity contribution in [1.82, 2.24) is 4.98 Å². The van der Waals surface area contributed by atoms with Gasteiger partial charge in [-0.05, 0) is 46.3 Å². The fourth-order valence-electron chi connectivity index (χ4n) is 1.55. The van der Waals surface area contributed by atoms with Crippen LogP contribution in [0.15, 0.2) is 41.1 Å². The number of hydrogen-bond acceptors (Lipinski definition) is 3. The fraction of sp³-hybridized carbons (Fsp3) is 0. The van der Waals surface area contributed by atoms with Crippen LogP contribution in [-0.2, 0) is 0 Å². The van der Waals surface area contributed by atoms with Gasteiger partial charge in [-0.3, -0.25) is 9.59 Å². The Morgan fingerprint density at radius 1 is 1.25 bits per heavy atom. The first kappa shape index (κ1) is 14.5. The molecule has 0 radical (unpaired) electrons. The highest BCUT2D eigenvalue weighted by Gasteiger charge is 2.13. The number of carbonyl (C=O) groups excluding carboxylic acids is 2. The van der Waals surface area contributed by atoms with E-state index in [2.05, 4.69) is 26.2 Å². The molecule has 0 aliphatic carbocycles. The molecule has 20 heavy (non-hydrogen) atoms. The SMILES string of the molecule is NC(=O)c1cc(NC(=O)c2cccnc2Br)ccc1Cl. The van der Waals surface area contributed by atoms with Crippen LogP contribution in [0.25, 0.3) is 0 Å². The van der Waals surface area contributed by atoms with Crippen molar-refractivity contribution in [3.63, 3.8) is 0 Å². The summed E-state index contributed by atoms with van der Waals surface area (Å²) in [7, 11) is 0. The third-order valence-electron chi connectivity index (χ3n) is 2.49. The molecule has 0 spiro atoms. The smallest absolute Gasteiger partial charge is 0.258 e. The molecule has 0 aliphatic heterocycles. The Morgan fingerprint density at radius 2 is 2.00 bits per heavy atom. The number of halogens is 2. The van der Waals surface area contributed by atoms with Crippen LogP contribution in [0.5, 0.6) is 0 Å². The molecule has 2 rings (SSSR count). The zero-order chi connectivity index (χ0) is 14.7. The van der Waals surface area contributed by atoms with Gasteiger partial charge in [0.15, 0.2) is 0 Å². The van der Waals surface area contributed by atoms with E-state index in [0.29, 0.717) is 15.9 Å². The molecular weight excluding hydrogens is 346 g/mol.